The third-order valence-corrected chi connectivity index (χ3v) is 2.75. The molecule has 0 aliphatic rings. The highest BCUT2D eigenvalue weighted by Gasteiger charge is 2.12. The molecule has 0 aliphatic carbocycles. The maximum atomic E-state index is 10.6. The predicted molar refractivity (Wildman–Crippen MR) is 83.3 cm³/mol. The van der Waals surface area contributed by atoms with Crippen LogP contribution in [-0.4, -0.2) is 25.5 Å². The van der Waals surface area contributed by atoms with E-state index < -0.39 is 6.03 Å². The van der Waals surface area contributed by atoms with E-state index in [4.69, 9.17) is 26.8 Å². The van der Waals surface area contributed by atoms with E-state index >= 15 is 0 Å². The van der Waals surface area contributed by atoms with Crippen molar-refractivity contribution in [2.45, 2.75) is 26.7 Å². The molecule has 21 heavy (non-hydrogen) atoms. The number of carbonyl (C=O) groups is 1. The number of benzene rings is 1. The highest BCUT2D eigenvalue weighted by Crippen LogP contribution is 2.36. The van der Waals surface area contributed by atoms with Crippen LogP contribution < -0.4 is 20.6 Å². The summed E-state index contributed by atoms with van der Waals surface area (Å²) >= 11 is 6.21. The molecule has 6 nitrogen and oxygen atoms in total. The lowest BCUT2D eigenvalue weighted by Crippen LogP contribution is -2.24. The number of unbranched alkanes of at least 4 members (excludes halogenated alkanes) is 1. The Morgan fingerprint density at radius 1 is 1.43 bits per heavy atom. The number of nitrogens with one attached hydrogen (secondary N) is 1. The second-order valence-corrected chi connectivity index (χ2v) is 4.61. The van der Waals surface area contributed by atoms with Gasteiger partial charge >= 0.3 is 6.03 Å². The van der Waals surface area contributed by atoms with Crippen molar-refractivity contribution in [2.75, 3.05) is 13.2 Å². The Hall–Kier alpha value is -1.95. The summed E-state index contributed by atoms with van der Waals surface area (Å²) in [6, 6.07) is 2.68. The van der Waals surface area contributed by atoms with Crippen LogP contribution in [0.15, 0.2) is 17.2 Å². The Kier molecular flexibility index (Phi) is 7.39. The van der Waals surface area contributed by atoms with Gasteiger partial charge in [-0.05, 0) is 31.0 Å². The third kappa shape index (κ3) is 5.91. The molecule has 3 N–H and O–H groups in total. The average Bonchev–Trinajstić information content (AvgIpc) is 2.42. The molecule has 0 spiro atoms. The fourth-order valence-electron chi connectivity index (χ4n) is 1.55. The number of hydrogen-bond acceptors (Lipinski definition) is 4. The molecule has 0 bridgehead atoms. The molecule has 0 fully saturated rings. The summed E-state index contributed by atoms with van der Waals surface area (Å²) in [5.74, 6) is 1.06. The molecule has 0 atom stereocenters. The van der Waals surface area contributed by atoms with E-state index in [9.17, 15) is 4.79 Å². The normalized spacial score (nSPS) is 10.6. The SMILES string of the molecule is CCCCOc1c(Cl)cc(C=NNC(N)=O)cc1OCC. The first-order chi connectivity index (χ1) is 10.1. The maximum Gasteiger partial charge on any atom is 0.332 e. The molecule has 0 aromatic heterocycles. The summed E-state index contributed by atoms with van der Waals surface area (Å²) in [4.78, 5) is 10.6. The summed E-state index contributed by atoms with van der Waals surface area (Å²) in [7, 11) is 0. The van der Waals surface area contributed by atoms with Crippen molar-refractivity contribution in [3.63, 3.8) is 0 Å². The first-order valence-electron chi connectivity index (χ1n) is 6.76. The summed E-state index contributed by atoms with van der Waals surface area (Å²) in [6.07, 6.45) is 3.40. The van der Waals surface area contributed by atoms with Gasteiger partial charge in [-0.25, -0.2) is 10.2 Å². The zero-order chi connectivity index (χ0) is 15.7. The van der Waals surface area contributed by atoms with Crippen molar-refractivity contribution in [1.29, 1.82) is 0 Å². The number of urea groups is 1. The van der Waals surface area contributed by atoms with Gasteiger partial charge in [0, 0.05) is 0 Å². The van der Waals surface area contributed by atoms with Crippen molar-refractivity contribution in [3.8, 4) is 11.5 Å². The molecular formula is C14H20ClN3O3. The Morgan fingerprint density at radius 3 is 2.81 bits per heavy atom. The first-order valence-corrected chi connectivity index (χ1v) is 7.13. The van der Waals surface area contributed by atoms with Crippen LogP contribution in [0.2, 0.25) is 5.02 Å². The van der Waals surface area contributed by atoms with Gasteiger partial charge in [0.1, 0.15) is 0 Å². The van der Waals surface area contributed by atoms with Crippen molar-refractivity contribution < 1.29 is 14.3 Å². The number of nitrogens with two attached hydrogens (primary N) is 1. The lowest BCUT2D eigenvalue weighted by Gasteiger charge is -2.14. The fraction of sp³-hybridized carbons (Fsp3) is 0.429. The quantitative estimate of drug-likeness (QED) is 0.439. The summed E-state index contributed by atoms with van der Waals surface area (Å²) < 4.78 is 11.2. The van der Waals surface area contributed by atoms with Gasteiger partial charge < -0.3 is 15.2 Å². The standard InChI is InChI=1S/C14H20ClN3O3/c1-3-5-6-21-13-11(15)7-10(8-12(13)20-4-2)9-17-18-14(16)19/h7-9H,3-6H2,1-2H3,(H3,16,18,19). The van der Waals surface area contributed by atoms with E-state index in [1.807, 2.05) is 6.92 Å². The van der Waals surface area contributed by atoms with Gasteiger partial charge in [0.15, 0.2) is 11.5 Å². The topological polar surface area (TPSA) is 85.9 Å². The van der Waals surface area contributed by atoms with Crippen molar-refractivity contribution in [1.82, 2.24) is 5.43 Å². The first kappa shape index (κ1) is 17.1. The molecule has 116 valence electrons. The molecule has 0 heterocycles. The van der Waals surface area contributed by atoms with Crippen LogP contribution in [0.4, 0.5) is 4.79 Å². The molecule has 7 heteroatoms. The third-order valence-electron chi connectivity index (χ3n) is 2.46. The van der Waals surface area contributed by atoms with E-state index in [0.717, 1.165) is 12.8 Å². The Bertz CT molecular complexity index is 506. The lowest BCUT2D eigenvalue weighted by molar-refractivity contribution is 0.249. The van der Waals surface area contributed by atoms with Crippen LogP contribution in [0.1, 0.15) is 32.3 Å². The molecule has 0 aliphatic heterocycles. The van der Waals surface area contributed by atoms with Gasteiger partial charge in [0.05, 0.1) is 24.5 Å². The fourth-order valence-corrected chi connectivity index (χ4v) is 1.83. The van der Waals surface area contributed by atoms with E-state index in [0.29, 0.717) is 35.3 Å². The lowest BCUT2D eigenvalue weighted by atomic mass is 10.2. The second kappa shape index (κ2) is 9.07. The number of nitrogens with zero attached hydrogens (tertiary/aromatic N) is 1. The number of primary amides is 1. The number of halogens is 1. The zero-order valence-electron chi connectivity index (χ0n) is 12.2. The number of hydrazone groups is 1. The van der Waals surface area contributed by atoms with Gasteiger partial charge in [-0.2, -0.15) is 5.10 Å². The Balaban J connectivity index is 2.94. The number of hydrogen-bond donors (Lipinski definition) is 2. The number of ether oxygens (including phenoxy) is 2. The summed E-state index contributed by atoms with van der Waals surface area (Å²) in [5, 5.41) is 4.11. The summed E-state index contributed by atoms with van der Waals surface area (Å²) in [5.41, 5.74) is 7.70. The minimum Gasteiger partial charge on any atom is -0.490 e. The predicted octanol–water partition coefficient (Wildman–Crippen LogP) is 2.92. The monoisotopic (exact) mass is 313 g/mol. The molecule has 1 aromatic rings. The minimum atomic E-state index is -0.734. The number of rotatable bonds is 8. The molecular weight excluding hydrogens is 294 g/mol. The second-order valence-electron chi connectivity index (χ2n) is 4.20. The molecule has 0 saturated carbocycles. The average molecular weight is 314 g/mol. The molecule has 0 radical (unpaired) electrons. The van der Waals surface area contributed by atoms with Crippen LogP contribution in [0.5, 0.6) is 11.5 Å². The molecule has 1 aromatic carbocycles. The zero-order valence-corrected chi connectivity index (χ0v) is 12.9. The van der Waals surface area contributed by atoms with Gasteiger partial charge in [-0.15, -0.1) is 0 Å². The van der Waals surface area contributed by atoms with E-state index in [1.165, 1.54) is 6.21 Å². The van der Waals surface area contributed by atoms with Crippen molar-refractivity contribution in [3.05, 3.63) is 22.7 Å². The smallest absolute Gasteiger partial charge is 0.332 e. The van der Waals surface area contributed by atoms with Crippen LogP contribution in [-0.2, 0) is 0 Å². The molecule has 2 amide bonds. The highest BCUT2D eigenvalue weighted by atomic mass is 35.5. The molecule has 0 unspecified atom stereocenters. The largest absolute Gasteiger partial charge is 0.490 e. The van der Waals surface area contributed by atoms with E-state index in [-0.39, 0.29) is 0 Å². The van der Waals surface area contributed by atoms with Crippen LogP contribution in [0.25, 0.3) is 0 Å². The number of amides is 2. The van der Waals surface area contributed by atoms with Crippen molar-refractivity contribution in [2.24, 2.45) is 10.8 Å². The van der Waals surface area contributed by atoms with Crippen molar-refractivity contribution >= 4 is 23.8 Å². The van der Waals surface area contributed by atoms with E-state index in [2.05, 4.69) is 17.5 Å². The van der Waals surface area contributed by atoms with Crippen LogP contribution in [0.3, 0.4) is 0 Å². The molecule has 0 saturated heterocycles. The van der Waals surface area contributed by atoms with E-state index in [1.54, 1.807) is 12.1 Å². The maximum absolute atomic E-state index is 10.6. The number of carbonyl (C=O) groups excluding carboxylic acids is 1. The van der Waals surface area contributed by atoms with Crippen LogP contribution in [0, 0.1) is 0 Å². The van der Waals surface area contributed by atoms with Gasteiger partial charge in [-0.3, -0.25) is 0 Å². The van der Waals surface area contributed by atoms with Gasteiger partial charge in [0.25, 0.3) is 0 Å². The van der Waals surface area contributed by atoms with Gasteiger partial charge in [0.2, 0.25) is 0 Å². The Morgan fingerprint density at radius 2 is 2.19 bits per heavy atom. The minimum absolute atomic E-state index is 0.428. The summed E-state index contributed by atoms with van der Waals surface area (Å²) in [6.45, 7) is 5.02. The Labute approximate surface area is 129 Å². The highest BCUT2D eigenvalue weighted by molar-refractivity contribution is 6.32. The molecule has 1 rings (SSSR count). The van der Waals surface area contributed by atoms with Crippen LogP contribution >= 0.6 is 11.6 Å². The van der Waals surface area contributed by atoms with Gasteiger partial charge in [-0.1, -0.05) is 24.9 Å².